The Morgan fingerprint density at radius 1 is 1.38 bits per heavy atom. The first-order valence-corrected chi connectivity index (χ1v) is 9.17. The highest BCUT2D eigenvalue weighted by atomic mass is 32.2. The second-order valence-electron chi connectivity index (χ2n) is 5.36. The van der Waals surface area contributed by atoms with Gasteiger partial charge in [0.2, 0.25) is 11.7 Å². The Morgan fingerprint density at radius 2 is 2.08 bits per heavy atom. The Labute approximate surface area is 142 Å². The molecule has 1 aliphatic heterocycles. The van der Waals surface area contributed by atoms with Crippen LogP contribution in [0, 0.1) is 11.8 Å². The molecular weight excluding hydrogens is 352 g/mol. The van der Waals surface area contributed by atoms with E-state index in [4.69, 9.17) is 16.6 Å². The number of ketones is 1. The zero-order valence-corrected chi connectivity index (χ0v) is 14.3. The molecule has 2 heterocycles. The number of carbonyl (C=O) groups is 1. The first kappa shape index (κ1) is 16.5. The van der Waals surface area contributed by atoms with Crippen LogP contribution < -0.4 is 5.43 Å². The summed E-state index contributed by atoms with van der Waals surface area (Å²) in [5.41, 5.74) is 3.95. The molecular formula is C14H14N4O4S2. The van der Waals surface area contributed by atoms with Crippen LogP contribution in [0.1, 0.15) is 21.8 Å². The number of nitrogens with zero attached hydrogens (tertiary/aromatic N) is 2. The lowest BCUT2D eigenvalue weighted by Gasteiger charge is -2.11. The summed E-state index contributed by atoms with van der Waals surface area (Å²) in [6, 6.07) is 6.87. The fourth-order valence-electron chi connectivity index (χ4n) is 2.32. The van der Waals surface area contributed by atoms with Gasteiger partial charge in [-0.25, -0.2) is 13.5 Å². The number of carbonyl (C=O) groups excluding carboxylic acids is 1. The number of hydrazone groups is 1. The molecule has 1 unspecified atom stereocenters. The van der Waals surface area contributed by atoms with Crippen molar-refractivity contribution >= 4 is 33.6 Å². The second kappa shape index (κ2) is 6.29. The molecule has 1 aliphatic rings. The third kappa shape index (κ3) is 3.29. The zero-order valence-electron chi connectivity index (χ0n) is 12.6. The van der Waals surface area contributed by atoms with E-state index >= 15 is 0 Å². The van der Waals surface area contributed by atoms with E-state index in [1.165, 1.54) is 0 Å². The first-order chi connectivity index (χ1) is 11.4. The Bertz CT molecular complexity index is 957. The monoisotopic (exact) mass is 366 g/mol. The summed E-state index contributed by atoms with van der Waals surface area (Å²) in [6.45, 7) is 1.93. The van der Waals surface area contributed by atoms with Crippen LogP contribution in [0.15, 0.2) is 33.8 Å². The molecule has 2 aromatic rings. The van der Waals surface area contributed by atoms with Crippen molar-refractivity contribution in [2.75, 3.05) is 6.54 Å². The summed E-state index contributed by atoms with van der Waals surface area (Å²) in [4.78, 5) is 12.6. The standard InChI is InChI=1S/C14H14N4O4S2/c1-8-2-4-9(5-3-8)13(19)12-10(6-15-17-12)24(20,21)7-11-16-18-14(23)22-11/h2-5,10,15H,6-7H2,1H3,(H,18,23). The Balaban J connectivity index is 1.85. The van der Waals surface area contributed by atoms with E-state index in [-0.39, 0.29) is 23.0 Å². The molecule has 0 aliphatic carbocycles. The van der Waals surface area contributed by atoms with Crippen LogP contribution in [-0.4, -0.2) is 41.9 Å². The van der Waals surface area contributed by atoms with Gasteiger partial charge >= 0.3 is 0 Å². The fraction of sp³-hybridized carbons (Fsp3) is 0.286. The molecule has 1 aromatic heterocycles. The molecule has 0 bridgehead atoms. The van der Waals surface area contributed by atoms with Gasteiger partial charge < -0.3 is 9.84 Å². The molecule has 0 amide bonds. The number of benzene rings is 1. The highest BCUT2D eigenvalue weighted by Crippen LogP contribution is 2.17. The lowest BCUT2D eigenvalue weighted by Crippen LogP contribution is -2.36. The maximum absolute atomic E-state index is 12.6. The van der Waals surface area contributed by atoms with Crippen LogP contribution in [0.5, 0.6) is 0 Å². The predicted molar refractivity (Wildman–Crippen MR) is 89.0 cm³/mol. The lowest BCUT2D eigenvalue weighted by atomic mass is 10.0. The van der Waals surface area contributed by atoms with Crippen LogP contribution in [-0.2, 0) is 15.6 Å². The number of hydrogen-bond donors (Lipinski definition) is 2. The van der Waals surface area contributed by atoms with E-state index in [0.29, 0.717) is 5.56 Å². The van der Waals surface area contributed by atoms with Crippen LogP contribution in [0.2, 0.25) is 0 Å². The Kier molecular flexibility index (Phi) is 4.33. The number of rotatable bonds is 5. The second-order valence-corrected chi connectivity index (χ2v) is 7.91. The molecule has 8 nitrogen and oxygen atoms in total. The van der Waals surface area contributed by atoms with E-state index in [9.17, 15) is 13.2 Å². The van der Waals surface area contributed by atoms with Gasteiger partial charge in [-0.3, -0.25) is 4.79 Å². The average Bonchev–Trinajstić information content (AvgIpc) is 3.16. The van der Waals surface area contributed by atoms with Crippen molar-refractivity contribution in [1.29, 1.82) is 0 Å². The SMILES string of the molecule is Cc1ccc(C(=O)C2=NNCC2S(=O)(=O)Cc2n[nH]c(=S)o2)cc1. The number of aryl methyl sites for hydroxylation is 1. The van der Waals surface area contributed by atoms with E-state index in [1.54, 1.807) is 24.3 Å². The van der Waals surface area contributed by atoms with Gasteiger partial charge in [0.15, 0.2) is 9.84 Å². The smallest absolute Gasteiger partial charge is 0.284 e. The summed E-state index contributed by atoms with van der Waals surface area (Å²) in [5.74, 6) is -0.933. The van der Waals surface area contributed by atoms with Crippen LogP contribution in [0.25, 0.3) is 0 Å². The van der Waals surface area contributed by atoms with Gasteiger partial charge in [-0.2, -0.15) is 5.10 Å². The van der Waals surface area contributed by atoms with E-state index in [1.807, 2.05) is 6.92 Å². The molecule has 2 N–H and O–H groups in total. The van der Waals surface area contributed by atoms with Gasteiger partial charge in [-0.15, -0.1) is 5.10 Å². The zero-order chi connectivity index (χ0) is 17.3. The number of sulfone groups is 1. The van der Waals surface area contributed by atoms with Crippen LogP contribution in [0.4, 0.5) is 0 Å². The van der Waals surface area contributed by atoms with Gasteiger partial charge in [-0.1, -0.05) is 29.8 Å². The molecule has 10 heteroatoms. The minimum Gasteiger partial charge on any atom is -0.413 e. The van der Waals surface area contributed by atoms with Crippen molar-refractivity contribution < 1.29 is 17.6 Å². The first-order valence-electron chi connectivity index (χ1n) is 7.04. The van der Waals surface area contributed by atoms with Gasteiger partial charge in [0.25, 0.3) is 4.84 Å². The van der Waals surface area contributed by atoms with Gasteiger partial charge in [-0.05, 0) is 19.1 Å². The number of nitrogens with one attached hydrogen (secondary N) is 2. The van der Waals surface area contributed by atoms with Gasteiger partial charge in [0, 0.05) is 5.56 Å². The number of Topliss-reactive ketones (excluding diaryl/α,β-unsaturated/α-hetero) is 1. The number of aromatic amines is 1. The maximum Gasteiger partial charge on any atom is 0.284 e. The van der Waals surface area contributed by atoms with Crippen molar-refractivity contribution in [3.05, 3.63) is 46.1 Å². The summed E-state index contributed by atoms with van der Waals surface area (Å²) < 4.78 is 30.2. The average molecular weight is 366 g/mol. The Morgan fingerprint density at radius 3 is 2.71 bits per heavy atom. The van der Waals surface area contributed by atoms with E-state index in [2.05, 4.69) is 20.7 Å². The predicted octanol–water partition coefficient (Wildman–Crippen LogP) is 1.17. The Hall–Kier alpha value is -2.33. The number of H-pyrrole nitrogens is 1. The van der Waals surface area contributed by atoms with Gasteiger partial charge in [0.05, 0.1) is 6.54 Å². The molecule has 0 saturated carbocycles. The molecule has 0 saturated heterocycles. The highest BCUT2D eigenvalue weighted by Gasteiger charge is 2.38. The van der Waals surface area contributed by atoms with Crippen molar-refractivity contribution in [1.82, 2.24) is 15.6 Å². The molecule has 0 fully saturated rings. The molecule has 1 aromatic carbocycles. The maximum atomic E-state index is 12.6. The molecule has 3 rings (SSSR count). The van der Waals surface area contributed by atoms with Crippen molar-refractivity contribution in [2.45, 2.75) is 17.9 Å². The highest BCUT2D eigenvalue weighted by molar-refractivity contribution is 7.92. The number of hydrogen-bond acceptors (Lipinski definition) is 8. The summed E-state index contributed by atoms with van der Waals surface area (Å²) >= 11 is 4.73. The summed E-state index contributed by atoms with van der Waals surface area (Å²) in [7, 11) is -3.75. The minimum absolute atomic E-state index is 0.00521. The molecule has 126 valence electrons. The van der Waals surface area contributed by atoms with E-state index in [0.717, 1.165) is 5.56 Å². The molecule has 1 atom stereocenters. The molecule has 24 heavy (non-hydrogen) atoms. The normalized spacial score (nSPS) is 17.4. The third-order valence-electron chi connectivity index (χ3n) is 3.57. The topological polar surface area (TPSA) is 117 Å². The largest absolute Gasteiger partial charge is 0.413 e. The van der Waals surface area contributed by atoms with Crippen molar-refractivity contribution in [3.63, 3.8) is 0 Å². The van der Waals surface area contributed by atoms with Crippen LogP contribution >= 0.6 is 12.2 Å². The van der Waals surface area contributed by atoms with Crippen LogP contribution in [0.3, 0.4) is 0 Å². The lowest BCUT2D eigenvalue weighted by molar-refractivity contribution is 0.106. The van der Waals surface area contributed by atoms with Crippen molar-refractivity contribution in [2.24, 2.45) is 5.10 Å². The minimum atomic E-state index is -3.75. The number of aromatic nitrogens is 2. The third-order valence-corrected chi connectivity index (χ3v) is 5.65. The quantitative estimate of drug-likeness (QED) is 0.602. The fourth-order valence-corrected chi connectivity index (χ4v) is 3.96. The molecule has 0 spiro atoms. The summed E-state index contributed by atoms with van der Waals surface area (Å²) in [6.07, 6.45) is 0. The van der Waals surface area contributed by atoms with Gasteiger partial charge in [0.1, 0.15) is 16.7 Å². The molecule has 0 radical (unpaired) electrons. The summed E-state index contributed by atoms with van der Waals surface area (Å²) in [5, 5.41) is 8.88. The van der Waals surface area contributed by atoms with E-state index < -0.39 is 26.6 Å². The van der Waals surface area contributed by atoms with Crippen molar-refractivity contribution in [3.8, 4) is 0 Å².